The Bertz CT molecular complexity index is 359. The third kappa shape index (κ3) is 4.90. The highest BCUT2D eigenvalue weighted by molar-refractivity contribution is 5.75. The second-order valence-electron chi connectivity index (χ2n) is 6.25. The van der Waals surface area contributed by atoms with E-state index in [0.29, 0.717) is 12.5 Å². The van der Waals surface area contributed by atoms with Gasteiger partial charge in [-0.3, -0.25) is 4.79 Å². The van der Waals surface area contributed by atoms with Crippen molar-refractivity contribution < 1.29 is 14.7 Å². The largest absolute Gasteiger partial charge is 0.481 e. The molecule has 0 aromatic heterocycles. The maximum Gasteiger partial charge on any atom is 0.320 e. The van der Waals surface area contributed by atoms with Crippen LogP contribution >= 0.6 is 0 Å². The average Bonchev–Trinajstić information content (AvgIpc) is 2.47. The van der Waals surface area contributed by atoms with Crippen LogP contribution in [0.4, 0.5) is 4.79 Å². The van der Waals surface area contributed by atoms with Gasteiger partial charge in [0.05, 0.1) is 0 Å². The summed E-state index contributed by atoms with van der Waals surface area (Å²) in [4.78, 5) is 27.4. The molecule has 0 radical (unpaired) electrons. The maximum absolute atomic E-state index is 12.7. The molecular weight excluding hydrogens is 268 g/mol. The van der Waals surface area contributed by atoms with Crippen molar-refractivity contribution in [1.82, 2.24) is 9.80 Å². The van der Waals surface area contributed by atoms with Crippen LogP contribution in [0.1, 0.15) is 53.4 Å². The van der Waals surface area contributed by atoms with Crippen LogP contribution in [0.15, 0.2) is 0 Å². The SMILES string of the molecule is CCC(C)N(CC)C(=O)N1CCCC(C(C)CC(=O)O)C1. The van der Waals surface area contributed by atoms with Gasteiger partial charge in [0.1, 0.15) is 0 Å². The van der Waals surface area contributed by atoms with Gasteiger partial charge in [0.25, 0.3) is 0 Å². The molecule has 0 saturated carbocycles. The lowest BCUT2D eigenvalue weighted by molar-refractivity contribution is -0.138. The van der Waals surface area contributed by atoms with Crippen molar-refractivity contribution in [3.05, 3.63) is 0 Å². The normalized spacial score (nSPS) is 21.7. The van der Waals surface area contributed by atoms with Gasteiger partial charge in [0, 0.05) is 32.1 Å². The summed E-state index contributed by atoms with van der Waals surface area (Å²) in [5.41, 5.74) is 0. The molecule has 1 fully saturated rings. The predicted molar refractivity (Wildman–Crippen MR) is 83.2 cm³/mol. The van der Waals surface area contributed by atoms with Gasteiger partial charge in [-0.25, -0.2) is 4.79 Å². The standard InChI is InChI=1S/C16H30N2O3/c1-5-13(4)18(6-2)16(21)17-9-7-8-14(11-17)12(3)10-15(19)20/h12-14H,5-11H2,1-4H3,(H,19,20). The summed E-state index contributed by atoms with van der Waals surface area (Å²) in [6.45, 7) is 10.4. The van der Waals surface area contributed by atoms with Crippen LogP contribution in [0.3, 0.4) is 0 Å². The molecule has 0 aromatic carbocycles. The van der Waals surface area contributed by atoms with Gasteiger partial charge in [-0.1, -0.05) is 13.8 Å². The second kappa shape index (κ2) is 8.25. The number of aliphatic carboxylic acids is 1. The van der Waals surface area contributed by atoms with E-state index in [-0.39, 0.29) is 24.4 Å². The lowest BCUT2D eigenvalue weighted by Gasteiger charge is -2.39. The summed E-state index contributed by atoms with van der Waals surface area (Å²) >= 11 is 0. The van der Waals surface area contributed by atoms with Crippen molar-refractivity contribution in [2.45, 2.75) is 59.4 Å². The number of piperidine rings is 1. The van der Waals surface area contributed by atoms with Crippen molar-refractivity contribution in [2.75, 3.05) is 19.6 Å². The zero-order chi connectivity index (χ0) is 16.0. The van der Waals surface area contributed by atoms with Crippen molar-refractivity contribution in [2.24, 2.45) is 11.8 Å². The number of likely N-dealkylation sites (tertiary alicyclic amines) is 1. The van der Waals surface area contributed by atoms with Gasteiger partial charge >= 0.3 is 12.0 Å². The fourth-order valence-electron chi connectivity index (χ4n) is 3.13. The van der Waals surface area contributed by atoms with E-state index in [0.717, 1.165) is 32.4 Å². The number of amides is 2. The molecule has 1 heterocycles. The molecular formula is C16H30N2O3. The third-order valence-electron chi connectivity index (χ3n) is 4.74. The monoisotopic (exact) mass is 298 g/mol. The number of hydrogen-bond donors (Lipinski definition) is 1. The minimum Gasteiger partial charge on any atom is -0.481 e. The number of nitrogens with zero attached hydrogens (tertiary/aromatic N) is 2. The van der Waals surface area contributed by atoms with Gasteiger partial charge in [0.15, 0.2) is 0 Å². The van der Waals surface area contributed by atoms with Crippen molar-refractivity contribution in [3.8, 4) is 0 Å². The van der Waals surface area contributed by atoms with Crippen LogP contribution in [0.5, 0.6) is 0 Å². The molecule has 5 nitrogen and oxygen atoms in total. The van der Waals surface area contributed by atoms with E-state index in [4.69, 9.17) is 5.11 Å². The summed E-state index contributed by atoms with van der Waals surface area (Å²) in [6.07, 6.45) is 3.13. The molecule has 1 aliphatic heterocycles. The predicted octanol–water partition coefficient (Wildman–Crippen LogP) is 3.05. The van der Waals surface area contributed by atoms with E-state index in [9.17, 15) is 9.59 Å². The van der Waals surface area contributed by atoms with Gasteiger partial charge < -0.3 is 14.9 Å². The summed E-state index contributed by atoms with van der Waals surface area (Å²) in [7, 11) is 0. The Morgan fingerprint density at radius 1 is 1.33 bits per heavy atom. The van der Waals surface area contributed by atoms with E-state index in [1.54, 1.807) is 0 Å². The molecule has 21 heavy (non-hydrogen) atoms. The molecule has 1 saturated heterocycles. The lowest BCUT2D eigenvalue weighted by Crippen LogP contribution is -2.51. The molecule has 0 aliphatic carbocycles. The molecule has 0 aromatic rings. The zero-order valence-corrected chi connectivity index (χ0v) is 13.8. The van der Waals surface area contributed by atoms with E-state index in [1.807, 2.05) is 23.6 Å². The van der Waals surface area contributed by atoms with E-state index >= 15 is 0 Å². The summed E-state index contributed by atoms with van der Waals surface area (Å²) < 4.78 is 0. The first kappa shape index (κ1) is 17.8. The molecule has 1 rings (SSSR count). The third-order valence-corrected chi connectivity index (χ3v) is 4.74. The Morgan fingerprint density at radius 3 is 2.52 bits per heavy atom. The number of carboxylic acid groups (broad SMARTS) is 1. The average molecular weight is 298 g/mol. The molecule has 0 spiro atoms. The van der Waals surface area contributed by atoms with Crippen LogP contribution in [0.2, 0.25) is 0 Å². The van der Waals surface area contributed by atoms with Crippen LogP contribution < -0.4 is 0 Å². The van der Waals surface area contributed by atoms with Crippen LogP contribution in [0.25, 0.3) is 0 Å². The minimum atomic E-state index is -0.749. The van der Waals surface area contributed by atoms with Crippen molar-refractivity contribution >= 4 is 12.0 Å². The molecule has 2 amide bonds. The second-order valence-corrected chi connectivity index (χ2v) is 6.25. The minimum absolute atomic E-state index is 0.110. The summed E-state index contributed by atoms with van der Waals surface area (Å²) in [5.74, 6) is -0.327. The summed E-state index contributed by atoms with van der Waals surface area (Å²) in [6, 6.07) is 0.360. The number of carbonyl (C=O) groups excluding carboxylic acids is 1. The fraction of sp³-hybridized carbons (Fsp3) is 0.875. The summed E-state index contributed by atoms with van der Waals surface area (Å²) in [5, 5.41) is 8.93. The Hall–Kier alpha value is -1.26. The number of hydrogen-bond acceptors (Lipinski definition) is 2. The molecule has 3 unspecified atom stereocenters. The van der Waals surface area contributed by atoms with Gasteiger partial charge in [-0.05, 0) is 44.9 Å². The van der Waals surface area contributed by atoms with Crippen LogP contribution in [-0.4, -0.2) is 52.6 Å². The maximum atomic E-state index is 12.7. The van der Waals surface area contributed by atoms with Crippen LogP contribution in [0, 0.1) is 11.8 Å². The molecule has 0 bridgehead atoms. The first-order valence-electron chi connectivity index (χ1n) is 8.17. The fourth-order valence-corrected chi connectivity index (χ4v) is 3.13. The van der Waals surface area contributed by atoms with Gasteiger partial charge in [-0.15, -0.1) is 0 Å². The number of carbonyl (C=O) groups is 2. The highest BCUT2D eigenvalue weighted by Gasteiger charge is 2.31. The van der Waals surface area contributed by atoms with Gasteiger partial charge in [-0.2, -0.15) is 0 Å². The van der Waals surface area contributed by atoms with E-state index < -0.39 is 5.97 Å². The van der Waals surface area contributed by atoms with Crippen LogP contribution in [-0.2, 0) is 4.79 Å². The molecule has 3 atom stereocenters. The lowest BCUT2D eigenvalue weighted by atomic mass is 9.85. The molecule has 122 valence electrons. The highest BCUT2D eigenvalue weighted by Crippen LogP contribution is 2.27. The van der Waals surface area contributed by atoms with Gasteiger partial charge in [0.2, 0.25) is 0 Å². The Morgan fingerprint density at radius 2 is 2.00 bits per heavy atom. The number of rotatable bonds is 6. The Labute approximate surface area is 128 Å². The first-order chi connectivity index (χ1) is 9.90. The van der Waals surface area contributed by atoms with Crippen molar-refractivity contribution in [3.63, 3.8) is 0 Å². The van der Waals surface area contributed by atoms with E-state index in [2.05, 4.69) is 13.8 Å². The Kier molecular flexibility index (Phi) is 6.99. The smallest absolute Gasteiger partial charge is 0.320 e. The van der Waals surface area contributed by atoms with E-state index in [1.165, 1.54) is 0 Å². The first-order valence-corrected chi connectivity index (χ1v) is 8.17. The van der Waals surface area contributed by atoms with Crippen molar-refractivity contribution in [1.29, 1.82) is 0 Å². The molecule has 1 aliphatic rings. The highest BCUT2D eigenvalue weighted by atomic mass is 16.4. The number of urea groups is 1. The zero-order valence-electron chi connectivity index (χ0n) is 13.8. The Balaban J connectivity index is 2.66. The molecule has 5 heteroatoms. The quantitative estimate of drug-likeness (QED) is 0.820. The molecule has 1 N–H and O–H groups in total. The number of carboxylic acids is 1. The topological polar surface area (TPSA) is 60.9 Å².